The molecule has 2 N–H and O–H groups in total. The van der Waals surface area contributed by atoms with Crippen LogP contribution in [0.1, 0.15) is 17.2 Å². The zero-order valence-corrected chi connectivity index (χ0v) is 16.4. The third-order valence-electron chi connectivity index (χ3n) is 5.34. The van der Waals surface area contributed by atoms with E-state index in [0.717, 1.165) is 38.3 Å². The average molecular weight is 366 g/mol. The maximum absolute atomic E-state index is 12.8. The van der Waals surface area contributed by atoms with Crippen LogP contribution < -0.4 is 9.80 Å². The molecule has 1 aliphatic rings. The van der Waals surface area contributed by atoms with Gasteiger partial charge in [0.25, 0.3) is 5.91 Å². The lowest BCUT2D eigenvalue weighted by molar-refractivity contribution is -1.02. The molecule has 27 heavy (non-hydrogen) atoms. The van der Waals surface area contributed by atoms with Crippen LogP contribution in [0.15, 0.2) is 66.7 Å². The molecule has 0 aromatic heterocycles. The van der Waals surface area contributed by atoms with Crippen LogP contribution in [-0.2, 0) is 4.79 Å². The van der Waals surface area contributed by atoms with Crippen LogP contribution in [0.25, 0.3) is 6.08 Å². The molecular weight excluding hydrogens is 334 g/mol. The van der Waals surface area contributed by atoms with Crippen LogP contribution in [0.3, 0.4) is 0 Å². The smallest absolute Gasteiger partial charge is 0.285 e. The summed E-state index contributed by atoms with van der Waals surface area (Å²) in [5, 5.41) is 0. The first-order valence-electron chi connectivity index (χ1n) is 9.81. The lowest BCUT2D eigenvalue weighted by Crippen LogP contribution is -3.28. The number of benzene rings is 2. The number of amides is 1. The van der Waals surface area contributed by atoms with E-state index in [9.17, 15) is 4.79 Å². The topological polar surface area (TPSA) is 29.2 Å². The monoisotopic (exact) mass is 365 g/mol. The summed E-state index contributed by atoms with van der Waals surface area (Å²) in [6, 6.07) is 20.6. The quantitative estimate of drug-likeness (QED) is 0.758. The fraction of sp³-hybridized carbons (Fsp3) is 0.348. The summed E-state index contributed by atoms with van der Waals surface area (Å²) in [5.74, 6) is 0.198. The molecule has 1 fully saturated rings. The minimum absolute atomic E-state index is 0.0948. The Bertz CT molecular complexity index is 735. The van der Waals surface area contributed by atoms with E-state index in [0.29, 0.717) is 0 Å². The number of quaternary nitrogens is 2. The van der Waals surface area contributed by atoms with Gasteiger partial charge in [0.1, 0.15) is 26.2 Å². The fourth-order valence-corrected chi connectivity index (χ4v) is 3.80. The Morgan fingerprint density at radius 3 is 2.15 bits per heavy atom. The predicted molar refractivity (Wildman–Crippen MR) is 110 cm³/mol. The molecule has 1 aliphatic heterocycles. The van der Waals surface area contributed by atoms with Crippen molar-refractivity contribution in [2.24, 2.45) is 0 Å². The van der Waals surface area contributed by atoms with Crippen molar-refractivity contribution in [1.29, 1.82) is 0 Å². The maximum atomic E-state index is 12.8. The second kappa shape index (κ2) is 9.49. The van der Waals surface area contributed by atoms with E-state index < -0.39 is 0 Å². The SMILES string of the molecule is CN(C)C(=O)[C@H](c1ccccc1)[NH+]1CC[NH+](C/C=C/c2ccccc2)CC1. The standard InChI is InChI=1S/C23H29N3O/c1-24(2)23(27)22(21-13-7-4-8-14-21)26-18-16-25(17-19-26)15-9-12-20-10-5-3-6-11-20/h3-14,22H,15-19H2,1-2H3/p+2/b12-9+/t22-/m0/s1. The summed E-state index contributed by atoms with van der Waals surface area (Å²) in [5.41, 5.74) is 2.38. The highest BCUT2D eigenvalue weighted by molar-refractivity contribution is 5.81. The van der Waals surface area contributed by atoms with Gasteiger partial charge in [-0.1, -0.05) is 66.7 Å². The molecule has 0 saturated carbocycles. The van der Waals surface area contributed by atoms with E-state index >= 15 is 0 Å². The summed E-state index contributed by atoms with van der Waals surface area (Å²) in [7, 11) is 3.71. The molecular formula is C23H31N3O+2. The molecule has 0 aliphatic carbocycles. The largest absolute Gasteiger partial charge is 0.343 e. The Morgan fingerprint density at radius 2 is 1.56 bits per heavy atom. The first-order valence-corrected chi connectivity index (χ1v) is 9.81. The van der Waals surface area contributed by atoms with E-state index in [1.54, 1.807) is 9.80 Å². The number of rotatable bonds is 6. The molecule has 1 amide bonds. The van der Waals surface area contributed by atoms with Crippen molar-refractivity contribution < 1.29 is 14.6 Å². The first-order chi connectivity index (χ1) is 13.1. The number of piperazine rings is 1. The van der Waals surface area contributed by atoms with Crippen molar-refractivity contribution in [2.75, 3.05) is 46.8 Å². The van der Waals surface area contributed by atoms with Crippen molar-refractivity contribution in [3.05, 3.63) is 77.9 Å². The fourth-order valence-electron chi connectivity index (χ4n) is 3.80. The normalized spacial score (nSPS) is 21.1. The van der Waals surface area contributed by atoms with Crippen LogP contribution in [0.4, 0.5) is 0 Å². The van der Waals surface area contributed by atoms with Crippen molar-refractivity contribution in [1.82, 2.24) is 4.90 Å². The average Bonchev–Trinajstić information content (AvgIpc) is 2.71. The molecule has 3 rings (SSSR count). The van der Waals surface area contributed by atoms with Crippen molar-refractivity contribution in [3.8, 4) is 0 Å². The van der Waals surface area contributed by atoms with Crippen LogP contribution in [-0.4, -0.2) is 57.6 Å². The summed E-state index contributed by atoms with van der Waals surface area (Å²) in [6.07, 6.45) is 4.48. The van der Waals surface area contributed by atoms with Gasteiger partial charge in [-0.05, 0) is 11.6 Å². The van der Waals surface area contributed by atoms with Crippen molar-refractivity contribution in [3.63, 3.8) is 0 Å². The lowest BCUT2D eigenvalue weighted by atomic mass is 10.0. The summed E-state index contributed by atoms with van der Waals surface area (Å²) in [6.45, 7) is 5.28. The lowest BCUT2D eigenvalue weighted by Gasteiger charge is -2.34. The Labute approximate surface area is 162 Å². The number of hydrogen-bond donors (Lipinski definition) is 2. The van der Waals surface area contributed by atoms with Gasteiger partial charge in [0, 0.05) is 19.7 Å². The van der Waals surface area contributed by atoms with Gasteiger partial charge in [0.2, 0.25) is 0 Å². The van der Waals surface area contributed by atoms with Gasteiger partial charge in [0.15, 0.2) is 6.04 Å². The Hall–Kier alpha value is -2.43. The number of hydrogen-bond acceptors (Lipinski definition) is 1. The third-order valence-corrected chi connectivity index (χ3v) is 5.34. The molecule has 142 valence electrons. The van der Waals surface area contributed by atoms with Gasteiger partial charge >= 0.3 is 0 Å². The molecule has 1 saturated heterocycles. The summed E-state index contributed by atoms with van der Waals surface area (Å²) < 4.78 is 0. The third kappa shape index (κ3) is 5.28. The Kier molecular flexibility index (Phi) is 6.80. The first kappa shape index (κ1) is 19.3. The molecule has 4 heteroatoms. The molecule has 0 radical (unpaired) electrons. The minimum atomic E-state index is -0.0948. The highest BCUT2D eigenvalue weighted by Crippen LogP contribution is 2.11. The molecule has 2 aromatic carbocycles. The number of carbonyl (C=O) groups excluding carboxylic acids is 1. The number of nitrogens with zero attached hydrogens (tertiary/aromatic N) is 1. The summed E-state index contributed by atoms with van der Waals surface area (Å²) >= 11 is 0. The van der Waals surface area contributed by atoms with E-state index in [1.807, 2.05) is 38.4 Å². The second-order valence-corrected chi connectivity index (χ2v) is 7.50. The van der Waals surface area contributed by atoms with Crippen molar-refractivity contribution >= 4 is 12.0 Å². The summed E-state index contributed by atoms with van der Waals surface area (Å²) in [4.78, 5) is 17.5. The predicted octanol–water partition coefficient (Wildman–Crippen LogP) is 0.313. The molecule has 0 bridgehead atoms. The zero-order valence-electron chi connectivity index (χ0n) is 16.4. The molecule has 1 atom stereocenters. The van der Waals surface area contributed by atoms with Gasteiger partial charge in [-0.15, -0.1) is 0 Å². The highest BCUT2D eigenvalue weighted by Gasteiger charge is 2.36. The molecule has 2 aromatic rings. The molecule has 4 nitrogen and oxygen atoms in total. The van der Waals surface area contributed by atoms with E-state index in [-0.39, 0.29) is 11.9 Å². The molecule has 0 unspecified atom stereocenters. The van der Waals surface area contributed by atoms with Gasteiger partial charge in [0.05, 0.1) is 6.54 Å². The number of likely N-dealkylation sites (N-methyl/N-ethyl adjacent to an activating group) is 1. The maximum Gasteiger partial charge on any atom is 0.285 e. The Balaban J connectivity index is 1.59. The van der Waals surface area contributed by atoms with E-state index in [4.69, 9.17) is 0 Å². The molecule has 0 spiro atoms. The number of nitrogens with one attached hydrogen (secondary N) is 2. The van der Waals surface area contributed by atoms with Gasteiger partial charge in [-0.25, -0.2) is 0 Å². The second-order valence-electron chi connectivity index (χ2n) is 7.50. The van der Waals surface area contributed by atoms with Crippen molar-refractivity contribution in [2.45, 2.75) is 6.04 Å². The van der Waals surface area contributed by atoms with Crippen LogP contribution in [0.2, 0.25) is 0 Å². The zero-order chi connectivity index (χ0) is 19.1. The Morgan fingerprint density at radius 1 is 0.963 bits per heavy atom. The van der Waals surface area contributed by atoms with Gasteiger partial charge in [-0.2, -0.15) is 0 Å². The highest BCUT2D eigenvalue weighted by atomic mass is 16.2. The number of carbonyl (C=O) groups is 1. The minimum Gasteiger partial charge on any atom is -0.343 e. The van der Waals surface area contributed by atoms with Gasteiger partial charge < -0.3 is 14.7 Å². The van der Waals surface area contributed by atoms with E-state index in [1.165, 1.54) is 10.5 Å². The van der Waals surface area contributed by atoms with E-state index in [2.05, 4.69) is 48.6 Å². The molecule has 1 heterocycles. The van der Waals surface area contributed by atoms with Crippen LogP contribution in [0.5, 0.6) is 0 Å². The van der Waals surface area contributed by atoms with Gasteiger partial charge in [-0.3, -0.25) is 4.79 Å². The van der Waals surface area contributed by atoms with Crippen LogP contribution in [0, 0.1) is 0 Å². The van der Waals surface area contributed by atoms with Crippen LogP contribution >= 0.6 is 0 Å².